The maximum absolute atomic E-state index is 13.7. The number of hydrogen-bond donors (Lipinski definition) is 1. The van der Waals surface area contributed by atoms with Gasteiger partial charge in [0.2, 0.25) is 10.0 Å². The van der Waals surface area contributed by atoms with Crippen LogP contribution in [0.15, 0.2) is 76.4 Å². The van der Waals surface area contributed by atoms with Crippen molar-refractivity contribution in [3.05, 3.63) is 93.2 Å². The van der Waals surface area contributed by atoms with E-state index >= 15 is 0 Å². The van der Waals surface area contributed by atoms with Gasteiger partial charge < -0.3 is 19.2 Å². The Bertz CT molecular complexity index is 1580. The highest BCUT2D eigenvalue weighted by atomic mass is 35.5. The van der Waals surface area contributed by atoms with Crippen molar-refractivity contribution < 1.29 is 22.6 Å². The summed E-state index contributed by atoms with van der Waals surface area (Å²) in [6.07, 6.45) is 0. The zero-order valence-electron chi connectivity index (χ0n) is 19.4. The number of H-pyrrole nitrogens is 1. The fourth-order valence-corrected chi connectivity index (χ4v) is 5.95. The number of halogens is 1. The number of hydrogen-bond acceptors (Lipinski definition) is 6. The summed E-state index contributed by atoms with van der Waals surface area (Å²) in [6.45, 7) is 0.719. The first kappa shape index (κ1) is 24.2. The van der Waals surface area contributed by atoms with E-state index < -0.39 is 15.6 Å². The molecule has 0 amide bonds. The van der Waals surface area contributed by atoms with E-state index in [9.17, 15) is 13.2 Å². The number of nitrogens with zero attached hydrogens (tertiary/aromatic N) is 1. The fraction of sp³-hybridized carbons (Fsp3) is 0.192. The van der Waals surface area contributed by atoms with Crippen molar-refractivity contribution in [3.63, 3.8) is 0 Å². The number of benzene rings is 3. The highest BCUT2D eigenvalue weighted by Gasteiger charge is 2.28. The van der Waals surface area contributed by atoms with Gasteiger partial charge in [-0.25, -0.2) is 8.42 Å². The summed E-state index contributed by atoms with van der Waals surface area (Å²) in [5.74, 6) is 1.78. The lowest BCUT2D eigenvalue weighted by atomic mass is 10.1. The molecular formula is C26H23ClN2O6S. The van der Waals surface area contributed by atoms with Crippen molar-refractivity contribution in [2.45, 2.75) is 18.0 Å². The van der Waals surface area contributed by atoms with E-state index in [2.05, 4.69) is 4.98 Å². The van der Waals surface area contributed by atoms with E-state index in [1.807, 2.05) is 0 Å². The monoisotopic (exact) mass is 526 g/mol. The lowest BCUT2D eigenvalue weighted by Crippen LogP contribution is -2.32. The summed E-state index contributed by atoms with van der Waals surface area (Å²) in [6, 6.07) is 18.5. The average Bonchev–Trinajstić information content (AvgIpc) is 2.88. The Hall–Kier alpha value is -3.53. The van der Waals surface area contributed by atoms with E-state index in [4.69, 9.17) is 25.8 Å². The van der Waals surface area contributed by atoms with Crippen LogP contribution >= 0.6 is 11.6 Å². The van der Waals surface area contributed by atoms with Crippen LogP contribution in [0, 0.1) is 0 Å². The predicted molar refractivity (Wildman–Crippen MR) is 136 cm³/mol. The molecule has 1 aliphatic rings. The normalized spacial score (nSPS) is 13.2. The van der Waals surface area contributed by atoms with Crippen LogP contribution in [0.2, 0.25) is 5.02 Å². The number of nitrogens with one attached hydrogen (secondary N) is 1. The van der Waals surface area contributed by atoms with Crippen molar-refractivity contribution in [1.82, 2.24) is 9.29 Å². The Morgan fingerprint density at radius 2 is 1.67 bits per heavy atom. The maximum atomic E-state index is 13.7. The first-order valence-corrected chi connectivity index (χ1v) is 13.0. The van der Waals surface area contributed by atoms with Crippen LogP contribution in [-0.4, -0.2) is 38.0 Å². The number of rotatable bonds is 7. The molecule has 2 heterocycles. The van der Waals surface area contributed by atoms with Crippen molar-refractivity contribution in [2.75, 3.05) is 20.3 Å². The van der Waals surface area contributed by atoms with Gasteiger partial charge in [-0.3, -0.25) is 4.79 Å². The van der Waals surface area contributed by atoms with Crippen molar-refractivity contribution in [3.8, 4) is 17.2 Å². The Kier molecular flexibility index (Phi) is 6.61. The molecule has 1 aliphatic heterocycles. The van der Waals surface area contributed by atoms with Crippen molar-refractivity contribution in [2.24, 2.45) is 0 Å². The number of aromatic nitrogens is 1. The molecule has 3 aromatic carbocycles. The molecule has 10 heteroatoms. The quantitative estimate of drug-likeness (QED) is 0.384. The van der Waals surface area contributed by atoms with Crippen LogP contribution in [0.3, 0.4) is 0 Å². The molecule has 5 rings (SSSR count). The number of pyridine rings is 1. The molecule has 36 heavy (non-hydrogen) atoms. The van der Waals surface area contributed by atoms with Crippen molar-refractivity contribution in [1.29, 1.82) is 0 Å². The second-order valence-electron chi connectivity index (χ2n) is 8.26. The summed E-state index contributed by atoms with van der Waals surface area (Å²) in [4.78, 5) is 15.8. The Labute approximate surface area is 213 Å². The molecular weight excluding hydrogens is 504 g/mol. The fourth-order valence-electron chi connectivity index (χ4n) is 4.05. The van der Waals surface area contributed by atoms with Crippen LogP contribution in [0.25, 0.3) is 10.9 Å². The predicted octanol–water partition coefficient (Wildman–Crippen LogP) is 4.35. The Balaban J connectivity index is 1.56. The molecule has 186 valence electrons. The number of fused-ring (bicyclic) bond motifs is 2. The van der Waals surface area contributed by atoms with E-state index in [1.165, 1.54) is 16.4 Å². The summed E-state index contributed by atoms with van der Waals surface area (Å²) >= 11 is 6.26. The maximum Gasteiger partial charge on any atom is 0.252 e. The number of aromatic amines is 1. The molecule has 0 saturated carbocycles. The highest BCUT2D eigenvalue weighted by Crippen LogP contribution is 2.34. The Morgan fingerprint density at radius 1 is 0.972 bits per heavy atom. The zero-order valence-corrected chi connectivity index (χ0v) is 20.9. The van der Waals surface area contributed by atoms with Crippen LogP contribution in [0.5, 0.6) is 17.2 Å². The van der Waals surface area contributed by atoms with Gasteiger partial charge in [0.15, 0.2) is 11.5 Å². The van der Waals surface area contributed by atoms with Gasteiger partial charge in [-0.05, 0) is 42.0 Å². The molecule has 8 nitrogen and oxygen atoms in total. The van der Waals surface area contributed by atoms with E-state index in [-0.39, 0.29) is 28.6 Å². The second kappa shape index (κ2) is 9.85. The molecule has 0 unspecified atom stereocenters. The molecule has 1 aromatic heterocycles. The second-order valence-corrected chi connectivity index (χ2v) is 10.6. The molecule has 0 atom stereocenters. The molecule has 0 fully saturated rings. The van der Waals surface area contributed by atoms with Gasteiger partial charge >= 0.3 is 0 Å². The van der Waals surface area contributed by atoms with Crippen molar-refractivity contribution >= 4 is 32.5 Å². The minimum Gasteiger partial charge on any atom is -0.497 e. The third-order valence-electron chi connectivity index (χ3n) is 5.90. The largest absolute Gasteiger partial charge is 0.497 e. The number of ether oxygens (including phenoxy) is 3. The summed E-state index contributed by atoms with van der Waals surface area (Å²) < 4.78 is 45.1. The topological polar surface area (TPSA) is 97.9 Å². The summed E-state index contributed by atoms with van der Waals surface area (Å²) in [5.41, 5.74) is 1.18. The van der Waals surface area contributed by atoms with E-state index in [0.717, 1.165) is 5.56 Å². The lowest BCUT2D eigenvalue weighted by molar-refractivity contribution is 0.172. The SMILES string of the molecule is COc1ccc(CN(Cc2cc3cc4c(cc3[nH]c2=O)OCCO4)S(=O)(=O)c2ccccc2Cl)cc1. The first-order valence-electron chi connectivity index (χ1n) is 11.2. The van der Waals surface area contributed by atoms with Gasteiger partial charge in [0, 0.05) is 30.1 Å². The van der Waals surface area contributed by atoms with Gasteiger partial charge in [0.05, 0.1) is 17.6 Å². The number of sulfonamides is 1. The highest BCUT2D eigenvalue weighted by molar-refractivity contribution is 7.89. The van der Waals surface area contributed by atoms with Crippen LogP contribution in [0.4, 0.5) is 0 Å². The molecule has 0 spiro atoms. The molecule has 0 aliphatic carbocycles. The Morgan fingerprint density at radius 3 is 2.36 bits per heavy atom. The average molecular weight is 527 g/mol. The third-order valence-corrected chi connectivity index (χ3v) is 8.19. The van der Waals surface area contributed by atoms with Crippen LogP contribution < -0.4 is 19.8 Å². The molecule has 0 bridgehead atoms. The standard InChI is InChI=1S/C26H23ClN2O6S/c1-33-20-8-6-17(7-9-20)15-29(36(31,32)25-5-3-2-4-21(25)27)16-19-12-18-13-23-24(35-11-10-34-23)14-22(18)28-26(19)30/h2-9,12-14H,10-11,15-16H2,1H3,(H,28,30). The smallest absolute Gasteiger partial charge is 0.252 e. The van der Waals surface area contributed by atoms with Crippen LogP contribution in [0.1, 0.15) is 11.1 Å². The molecule has 1 N–H and O–H groups in total. The molecule has 0 saturated heterocycles. The van der Waals surface area contributed by atoms with E-state index in [1.54, 1.807) is 61.7 Å². The number of methoxy groups -OCH3 is 1. The van der Waals surface area contributed by atoms with E-state index in [0.29, 0.717) is 41.4 Å². The van der Waals surface area contributed by atoms with Gasteiger partial charge in [-0.15, -0.1) is 0 Å². The van der Waals surface area contributed by atoms with Gasteiger partial charge in [-0.2, -0.15) is 4.31 Å². The minimum absolute atomic E-state index is 0.0240. The lowest BCUT2D eigenvalue weighted by Gasteiger charge is -2.23. The van der Waals surface area contributed by atoms with Gasteiger partial charge in [0.25, 0.3) is 5.56 Å². The molecule has 0 radical (unpaired) electrons. The minimum atomic E-state index is -4.06. The third kappa shape index (κ3) is 4.77. The molecule has 4 aromatic rings. The first-order chi connectivity index (χ1) is 17.3. The zero-order chi connectivity index (χ0) is 25.3. The summed E-state index contributed by atoms with van der Waals surface area (Å²) in [5, 5.41) is 0.807. The summed E-state index contributed by atoms with van der Waals surface area (Å²) in [7, 11) is -2.50. The van der Waals surface area contributed by atoms with Crippen LogP contribution in [-0.2, 0) is 23.1 Å². The van der Waals surface area contributed by atoms with Gasteiger partial charge in [0.1, 0.15) is 23.9 Å². The van der Waals surface area contributed by atoms with Gasteiger partial charge in [-0.1, -0.05) is 35.9 Å².